The van der Waals surface area contributed by atoms with Crippen molar-refractivity contribution in [2.45, 2.75) is 85.4 Å². The summed E-state index contributed by atoms with van der Waals surface area (Å²) in [7, 11) is 0. The smallest absolute Gasteiger partial charge is 0.410 e. The van der Waals surface area contributed by atoms with Crippen LogP contribution in [0, 0.1) is 11.8 Å². The number of amides is 3. The Balaban J connectivity index is 1.69. The van der Waals surface area contributed by atoms with Gasteiger partial charge in [0.2, 0.25) is 5.91 Å². The normalized spacial score (nSPS) is 19.4. The van der Waals surface area contributed by atoms with E-state index in [9.17, 15) is 14.4 Å². The van der Waals surface area contributed by atoms with Gasteiger partial charge in [0.15, 0.2) is 0 Å². The summed E-state index contributed by atoms with van der Waals surface area (Å²) in [4.78, 5) is 56.2. The third-order valence-electron chi connectivity index (χ3n) is 7.72. The first kappa shape index (κ1) is 34.2. The maximum absolute atomic E-state index is 14.5. The Morgan fingerprint density at radius 2 is 1.80 bits per heavy atom. The van der Waals surface area contributed by atoms with Crippen LogP contribution in [0.5, 0.6) is 0 Å². The highest BCUT2D eigenvalue weighted by molar-refractivity contribution is 5.98. The van der Waals surface area contributed by atoms with E-state index in [1.54, 1.807) is 27.2 Å². The zero-order valence-corrected chi connectivity index (χ0v) is 28.1. The molecule has 2 fully saturated rings. The molecule has 12 heteroatoms. The molecule has 0 radical (unpaired) electrons. The Labute approximate surface area is 266 Å². The van der Waals surface area contributed by atoms with E-state index in [1.165, 1.54) is 0 Å². The number of nitrogens with zero attached hydrogens (tertiary/aromatic N) is 5. The molecule has 0 spiro atoms. The number of likely N-dealkylation sites (tertiary alicyclic amines) is 1. The zero-order valence-electron chi connectivity index (χ0n) is 28.1. The van der Waals surface area contributed by atoms with Crippen LogP contribution in [0.4, 0.5) is 10.6 Å². The molecule has 2 aliphatic rings. The molecule has 12 nitrogen and oxygen atoms in total. The molecular weight excluding hydrogens is 576 g/mol. The molecule has 4 rings (SSSR count). The third-order valence-corrected chi connectivity index (χ3v) is 7.72. The van der Waals surface area contributed by atoms with Gasteiger partial charge in [0.1, 0.15) is 28.6 Å². The fourth-order valence-corrected chi connectivity index (χ4v) is 5.56. The van der Waals surface area contributed by atoms with Gasteiger partial charge >= 0.3 is 6.09 Å². The van der Waals surface area contributed by atoms with Gasteiger partial charge in [-0.1, -0.05) is 34.6 Å². The van der Waals surface area contributed by atoms with Crippen LogP contribution in [-0.4, -0.2) is 100 Å². The van der Waals surface area contributed by atoms with Crippen LogP contribution >= 0.6 is 0 Å². The molecule has 45 heavy (non-hydrogen) atoms. The van der Waals surface area contributed by atoms with Crippen molar-refractivity contribution in [1.82, 2.24) is 24.7 Å². The Kier molecular flexibility index (Phi) is 10.8. The summed E-state index contributed by atoms with van der Waals surface area (Å²) in [5.41, 5.74) is -0.729. The van der Waals surface area contributed by atoms with Crippen molar-refractivity contribution in [3.05, 3.63) is 41.7 Å². The average molecular weight is 627 g/mol. The molecule has 1 N–H and O–H groups in total. The molecule has 2 atom stereocenters. The van der Waals surface area contributed by atoms with E-state index in [0.29, 0.717) is 68.8 Å². The van der Waals surface area contributed by atoms with Crippen molar-refractivity contribution in [1.29, 1.82) is 0 Å². The van der Waals surface area contributed by atoms with Gasteiger partial charge < -0.3 is 33.9 Å². The van der Waals surface area contributed by atoms with E-state index in [2.05, 4.69) is 10.3 Å². The first-order valence-corrected chi connectivity index (χ1v) is 15.9. The number of anilines is 1. The number of carbonyl (C=O) groups is 3. The fourth-order valence-electron chi connectivity index (χ4n) is 5.56. The van der Waals surface area contributed by atoms with Crippen molar-refractivity contribution in [2.75, 3.05) is 51.3 Å². The van der Waals surface area contributed by atoms with Gasteiger partial charge in [0.25, 0.3) is 5.91 Å². The first-order chi connectivity index (χ1) is 21.1. The second-order valence-electron chi connectivity index (χ2n) is 14.4. The Morgan fingerprint density at radius 3 is 2.40 bits per heavy atom. The summed E-state index contributed by atoms with van der Waals surface area (Å²) in [6.07, 6.45) is 3.10. The highest BCUT2D eigenvalue weighted by atomic mass is 16.6. The summed E-state index contributed by atoms with van der Waals surface area (Å²) in [5.74, 6) is 1.04. The molecule has 0 aromatic carbocycles. The fraction of sp³-hybridized carbons (Fsp3) is 0.667. The molecule has 0 unspecified atom stereocenters. The van der Waals surface area contributed by atoms with E-state index < -0.39 is 23.7 Å². The molecule has 2 aromatic heterocycles. The van der Waals surface area contributed by atoms with E-state index in [4.69, 9.17) is 18.9 Å². The number of morpholine rings is 1. The van der Waals surface area contributed by atoms with Crippen LogP contribution in [0.3, 0.4) is 0 Å². The quantitative estimate of drug-likeness (QED) is 0.448. The highest BCUT2D eigenvalue weighted by Gasteiger charge is 2.41. The minimum Gasteiger partial charge on any atom is -0.467 e. The second-order valence-corrected chi connectivity index (χ2v) is 14.4. The lowest BCUT2D eigenvalue weighted by Gasteiger charge is -2.44. The second kappa shape index (κ2) is 14.2. The highest BCUT2D eigenvalue weighted by Crippen LogP contribution is 2.29. The van der Waals surface area contributed by atoms with Crippen molar-refractivity contribution >= 4 is 23.7 Å². The average Bonchev–Trinajstić information content (AvgIpc) is 3.50. The number of piperidine rings is 1. The number of carbonyl (C=O) groups excluding carboxylic acids is 3. The van der Waals surface area contributed by atoms with Crippen LogP contribution in [-0.2, 0) is 26.2 Å². The van der Waals surface area contributed by atoms with Gasteiger partial charge in [-0.2, -0.15) is 0 Å². The van der Waals surface area contributed by atoms with Gasteiger partial charge in [-0.3, -0.25) is 9.59 Å². The minimum atomic E-state index is -0.706. The SMILES string of the molecule is CC(C)CN(C(=O)c1cnc(C(C)(C)C)nc1NCc1ccco1)[C@@H]1C[C@@H](C(=O)N2CCOCC2)CN(C(=O)OC(C)(C)C)C1. The lowest BCUT2D eigenvalue weighted by molar-refractivity contribution is -0.142. The topological polar surface area (TPSA) is 130 Å². The van der Waals surface area contributed by atoms with Gasteiger partial charge in [-0.15, -0.1) is 0 Å². The summed E-state index contributed by atoms with van der Waals surface area (Å²) in [6.45, 7) is 18.8. The number of nitrogens with one attached hydrogen (secondary N) is 1. The van der Waals surface area contributed by atoms with Crippen LogP contribution in [0.1, 0.15) is 83.8 Å². The summed E-state index contributed by atoms with van der Waals surface area (Å²) >= 11 is 0. The predicted molar refractivity (Wildman–Crippen MR) is 170 cm³/mol. The monoisotopic (exact) mass is 626 g/mol. The Morgan fingerprint density at radius 1 is 1.09 bits per heavy atom. The summed E-state index contributed by atoms with van der Waals surface area (Å²) in [5, 5.41) is 3.29. The molecule has 0 bridgehead atoms. The number of ether oxygens (including phenoxy) is 2. The van der Waals surface area contributed by atoms with Crippen LogP contribution in [0.2, 0.25) is 0 Å². The number of aromatic nitrogens is 2. The lowest BCUT2D eigenvalue weighted by Crippen LogP contribution is -2.58. The van der Waals surface area contributed by atoms with Crippen LogP contribution in [0.25, 0.3) is 0 Å². The van der Waals surface area contributed by atoms with Crippen molar-refractivity contribution in [3.8, 4) is 0 Å². The molecule has 248 valence electrons. The maximum Gasteiger partial charge on any atom is 0.410 e. The van der Waals surface area contributed by atoms with E-state index in [0.717, 1.165) is 0 Å². The number of rotatable bonds is 8. The number of furan rings is 1. The first-order valence-electron chi connectivity index (χ1n) is 15.9. The molecular formula is C33H50N6O6. The van der Waals surface area contributed by atoms with Crippen molar-refractivity contribution in [2.24, 2.45) is 11.8 Å². The van der Waals surface area contributed by atoms with E-state index in [1.807, 2.05) is 67.5 Å². The maximum atomic E-state index is 14.5. The molecule has 3 amide bonds. The molecule has 2 aliphatic heterocycles. The molecule has 2 aromatic rings. The lowest BCUT2D eigenvalue weighted by atomic mass is 9.91. The molecule has 2 saturated heterocycles. The minimum absolute atomic E-state index is 0.0350. The Hall–Kier alpha value is -3.67. The number of hydrogen-bond donors (Lipinski definition) is 1. The molecule has 0 aliphatic carbocycles. The largest absolute Gasteiger partial charge is 0.467 e. The van der Waals surface area contributed by atoms with E-state index >= 15 is 0 Å². The van der Waals surface area contributed by atoms with Crippen molar-refractivity contribution in [3.63, 3.8) is 0 Å². The van der Waals surface area contributed by atoms with Gasteiger partial charge in [-0.25, -0.2) is 14.8 Å². The van der Waals surface area contributed by atoms with Gasteiger partial charge in [0.05, 0.1) is 38.0 Å². The summed E-state index contributed by atoms with van der Waals surface area (Å²) < 4.78 is 16.7. The van der Waals surface area contributed by atoms with Gasteiger partial charge in [0, 0.05) is 44.3 Å². The van der Waals surface area contributed by atoms with E-state index in [-0.39, 0.29) is 36.2 Å². The van der Waals surface area contributed by atoms with Crippen LogP contribution in [0.15, 0.2) is 29.0 Å². The van der Waals surface area contributed by atoms with Crippen molar-refractivity contribution < 1.29 is 28.3 Å². The Bertz CT molecular complexity index is 1310. The third kappa shape index (κ3) is 9.18. The van der Waals surface area contributed by atoms with Crippen LogP contribution < -0.4 is 5.32 Å². The summed E-state index contributed by atoms with van der Waals surface area (Å²) in [6, 6.07) is 3.23. The number of hydrogen-bond acceptors (Lipinski definition) is 9. The zero-order chi connectivity index (χ0) is 32.9. The molecule has 0 saturated carbocycles. The predicted octanol–water partition coefficient (Wildman–Crippen LogP) is 4.56. The van der Waals surface area contributed by atoms with Gasteiger partial charge in [-0.05, 0) is 45.2 Å². The standard InChI is InChI=1S/C33H50N6O6/c1-22(2)19-39(29(41)26-18-35-30(32(3,4)5)36-27(26)34-17-25-10-9-13-44-25)24-16-23(28(40)37-11-14-43-15-12-37)20-38(21-24)31(42)45-33(6,7)8/h9-10,13,18,22-24H,11-12,14-17,19-21H2,1-8H3,(H,34,35,36)/t23-,24-/m1/s1. The molecule has 4 heterocycles.